The van der Waals surface area contributed by atoms with Crippen molar-refractivity contribution in [1.29, 1.82) is 0 Å². The topological polar surface area (TPSA) is 55.1 Å². The lowest BCUT2D eigenvalue weighted by molar-refractivity contribution is -0.116. The maximum Gasteiger partial charge on any atom is 0.224 e. The van der Waals surface area contributed by atoms with Crippen molar-refractivity contribution in [2.45, 2.75) is 39.5 Å². The van der Waals surface area contributed by atoms with Crippen molar-refractivity contribution >= 4 is 17.3 Å². The molecule has 0 atom stereocenters. The lowest BCUT2D eigenvalue weighted by atomic mass is 10.0. The average molecular weight is 296 g/mol. The Balaban J connectivity index is 2.03. The summed E-state index contributed by atoms with van der Waals surface area (Å²) in [4.78, 5) is 12.3. The van der Waals surface area contributed by atoms with E-state index >= 15 is 0 Å². The molecule has 0 aromatic heterocycles. The van der Waals surface area contributed by atoms with E-state index in [1.54, 1.807) is 0 Å². The van der Waals surface area contributed by atoms with Crippen LogP contribution < -0.4 is 11.1 Å². The summed E-state index contributed by atoms with van der Waals surface area (Å²) in [5.41, 5.74) is 11.0. The van der Waals surface area contributed by atoms with Crippen molar-refractivity contribution in [2.75, 3.05) is 11.1 Å². The second-order valence-corrected chi connectivity index (χ2v) is 5.45. The Morgan fingerprint density at radius 3 is 2.27 bits per heavy atom. The fourth-order valence-electron chi connectivity index (χ4n) is 2.61. The Kier molecular flexibility index (Phi) is 5.59. The van der Waals surface area contributed by atoms with Gasteiger partial charge < -0.3 is 11.1 Å². The average Bonchev–Trinajstić information content (AvgIpc) is 2.53. The summed E-state index contributed by atoms with van der Waals surface area (Å²) in [5.74, 6) is 0.0537. The Labute approximate surface area is 132 Å². The van der Waals surface area contributed by atoms with Gasteiger partial charge in [-0.1, -0.05) is 44.2 Å². The molecular weight excluding hydrogens is 272 g/mol. The number of para-hydroxylation sites is 1. The van der Waals surface area contributed by atoms with E-state index in [2.05, 4.69) is 37.4 Å². The molecule has 0 saturated heterocycles. The number of rotatable bonds is 6. The molecule has 3 N–H and O–H groups in total. The van der Waals surface area contributed by atoms with Gasteiger partial charge in [-0.25, -0.2) is 0 Å². The van der Waals surface area contributed by atoms with Gasteiger partial charge in [0.2, 0.25) is 5.91 Å². The van der Waals surface area contributed by atoms with E-state index in [1.807, 2.05) is 24.3 Å². The SMILES string of the molecule is CCc1cccc(CC)c1NC(=O)CCc1cccc(N)c1. The number of benzene rings is 2. The maximum atomic E-state index is 12.3. The molecule has 2 rings (SSSR count). The van der Waals surface area contributed by atoms with E-state index in [0.717, 1.165) is 29.8 Å². The Bertz CT molecular complexity index is 627. The highest BCUT2D eigenvalue weighted by atomic mass is 16.1. The van der Waals surface area contributed by atoms with Gasteiger partial charge in [0.1, 0.15) is 0 Å². The number of carbonyl (C=O) groups is 1. The molecule has 22 heavy (non-hydrogen) atoms. The largest absolute Gasteiger partial charge is 0.399 e. The van der Waals surface area contributed by atoms with E-state index in [9.17, 15) is 4.79 Å². The highest BCUT2D eigenvalue weighted by Gasteiger charge is 2.10. The molecule has 3 heteroatoms. The van der Waals surface area contributed by atoms with Gasteiger partial charge in [-0.05, 0) is 48.1 Å². The summed E-state index contributed by atoms with van der Waals surface area (Å²) in [5, 5.41) is 3.10. The highest BCUT2D eigenvalue weighted by molar-refractivity contribution is 5.92. The zero-order chi connectivity index (χ0) is 15.9. The summed E-state index contributed by atoms with van der Waals surface area (Å²) in [6, 6.07) is 13.9. The van der Waals surface area contributed by atoms with Crippen molar-refractivity contribution in [2.24, 2.45) is 0 Å². The normalized spacial score (nSPS) is 10.5. The van der Waals surface area contributed by atoms with Crippen molar-refractivity contribution in [1.82, 2.24) is 0 Å². The number of carbonyl (C=O) groups excluding carboxylic acids is 1. The molecule has 0 unspecified atom stereocenters. The number of aryl methyl sites for hydroxylation is 3. The molecule has 0 fully saturated rings. The highest BCUT2D eigenvalue weighted by Crippen LogP contribution is 2.23. The van der Waals surface area contributed by atoms with Crippen LogP contribution in [0.5, 0.6) is 0 Å². The van der Waals surface area contributed by atoms with Gasteiger partial charge in [0, 0.05) is 17.8 Å². The number of hydrogen-bond acceptors (Lipinski definition) is 2. The number of anilines is 2. The van der Waals surface area contributed by atoms with Gasteiger partial charge >= 0.3 is 0 Å². The van der Waals surface area contributed by atoms with Crippen molar-refractivity contribution in [3.05, 3.63) is 59.2 Å². The van der Waals surface area contributed by atoms with Crippen LogP contribution in [0.4, 0.5) is 11.4 Å². The first-order valence-electron chi connectivity index (χ1n) is 7.89. The zero-order valence-electron chi connectivity index (χ0n) is 13.4. The number of nitrogen functional groups attached to an aromatic ring is 1. The number of nitrogens with one attached hydrogen (secondary N) is 1. The standard InChI is InChI=1S/C19H24N2O/c1-3-15-8-6-9-16(4-2)19(15)21-18(22)12-11-14-7-5-10-17(20)13-14/h5-10,13H,3-4,11-12,20H2,1-2H3,(H,21,22). The van der Waals surface area contributed by atoms with Gasteiger partial charge in [0.15, 0.2) is 0 Å². The maximum absolute atomic E-state index is 12.3. The summed E-state index contributed by atoms with van der Waals surface area (Å²) in [6.45, 7) is 4.22. The van der Waals surface area contributed by atoms with Crippen LogP contribution in [-0.4, -0.2) is 5.91 Å². The van der Waals surface area contributed by atoms with E-state index in [0.29, 0.717) is 12.8 Å². The third-order valence-electron chi connectivity index (χ3n) is 3.86. The predicted molar refractivity (Wildman–Crippen MR) is 93.0 cm³/mol. The van der Waals surface area contributed by atoms with Crippen LogP contribution in [0.15, 0.2) is 42.5 Å². The first kappa shape index (κ1) is 16.1. The summed E-state index contributed by atoms with van der Waals surface area (Å²) < 4.78 is 0. The molecule has 2 aromatic rings. The van der Waals surface area contributed by atoms with Crippen molar-refractivity contribution < 1.29 is 4.79 Å². The fourth-order valence-corrected chi connectivity index (χ4v) is 2.61. The van der Waals surface area contributed by atoms with Crippen LogP contribution in [0.3, 0.4) is 0 Å². The first-order valence-corrected chi connectivity index (χ1v) is 7.89. The molecule has 0 aliphatic heterocycles. The third kappa shape index (κ3) is 4.10. The van der Waals surface area contributed by atoms with Crippen LogP contribution in [0.2, 0.25) is 0 Å². The molecule has 0 heterocycles. The first-order chi connectivity index (χ1) is 10.6. The minimum Gasteiger partial charge on any atom is -0.399 e. The minimum absolute atomic E-state index is 0.0537. The monoisotopic (exact) mass is 296 g/mol. The van der Waals surface area contributed by atoms with E-state index in [-0.39, 0.29) is 5.91 Å². The molecule has 0 bridgehead atoms. The molecule has 0 aliphatic carbocycles. The molecule has 0 aliphatic rings. The lowest BCUT2D eigenvalue weighted by Gasteiger charge is -2.14. The van der Waals surface area contributed by atoms with E-state index < -0.39 is 0 Å². The number of hydrogen-bond donors (Lipinski definition) is 2. The second-order valence-electron chi connectivity index (χ2n) is 5.45. The summed E-state index contributed by atoms with van der Waals surface area (Å²) in [7, 11) is 0. The molecule has 3 nitrogen and oxygen atoms in total. The molecule has 0 spiro atoms. The molecule has 116 valence electrons. The van der Waals surface area contributed by atoms with Crippen LogP contribution in [-0.2, 0) is 24.1 Å². The Morgan fingerprint density at radius 2 is 1.68 bits per heavy atom. The van der Waals surface area contributed by atoms with E-state index in [1.165, 1.54) is 11.1 Å². The predicted octanol–water partition coefficient (Wildman–Crippen LogP) is 3.96. The Morgan fingerprint density at radius 1 is 1.05 bits per heavy atom. The number of amides is 1. The minimum atomic E-state index is 0.0537. The molecule has 1 amide bonds. The lowest BCUT2D eigenvalue weighted by Crippen LogP contribution is -2.15. The summed E-state index contributed by atoms with van der Waals surface area (Å²) >= 11 is 0. The summed E-state index contributed by atoms with van der Waals surface area (Å²) in [6.07, 6.45) is 2.99. The van der Waals surface area contributed by atoms with Crippen LogP contribution in [0.1, 0.15) is 37.0 Å². The molecular formula is C19H24N2O. The van der Waals surface area contributed by atoms with E-state index in [4.69, 9.17) is 5.73 Å². The van der Waals surface area contributed by atoms with Gasteiger partial charge in [-0.3, -0.25) is 4.79 Å². The smallest absolute Gasteiger partial charge is 0.224 e. The van der Waals surface area contributed by atoms with Crippen molar-refractivity contribution in [3.63, 3.8) is 0 Å². The van der Waals surface area contributed by atoms with Gasteiger partial charge in [-0.15, -0.1) is 0 Å². The van der Waals surface area contributed by atoms with Crippen LogP contribution in [0, 0.1) is 0 Å². The Hall–Kier alpha value is -2.29. The third-order valence-corrected chi connectivity index (χ3v) is 3.86. The van der Waals surface area contributed by atoms with Crippen LogP contribution >= 0.6 is 0 Å². The number of nitrogens with two attached hydrogens (primary N) is 1. The van der Waals surface area contributed by atoms with Crippen molar-refractivity contribution in [3.8, 4) is 0 Å². The van der Waals surface area contributed by atoms with Gasteiger partial charge in [0.25, 0.3) is 0 Å². The molecule has 0 radical (unpaired) electrons. The van der Waals surface area contributed by atoms with Gasteiger partial charge in [-0.2, -0.15) is 0 Å². The quantitative estimate of drug-likeness (QED) is 0.793. The van der Waals surface area contributed by atoms with Gasteiger partial charge in [0.05, 0.1) is 0 Å². The zero-order valence-corrected chi connectivity index (χ0v) is 13.4. The molecule has 0 saturated carbocycles. The van der Waals surface area contributed by atoms with Crippen LogP contribution in [0.25, 0.3) is 0 Å². The fraction of sp³-hybridized carbons (Fsp3) is 0.316. The second kappa shape index (κ2) is 7.64. The molecule has 2 aromatic carbocycles.